The maximum atomic E-state index is 11.8. The lowest BCUT2D eigenvalue weighted by Gasteiger charge is -2.16. The minimum atomic E-state index is -1.07. The molecule has 0 aromatic carbocycles. The van der Waals surface area contributed by atoms with Crippen LogP contribution in [0.2, 0.25) is 0 Å². The quantitative estimate of drug-likeness (QED) is 0.851. The number of thiazole rings is 1. The van der Waals surface area contributed by atoms with E-state index in [1.54, 1.807) is 26.2 Å². The average Bonchev–Trinajstić information content (AvgIpc) is 2.74. The molecule has 0 unspecified atom stereocenters. The molecule has 0 bridgehead atoms. The number of carboxylic acid groups (broad SMARTS) is 1. The maximum Gasteiger partial charge on any atom is 0.323 e. The molecule has 0 fully saturated rings. The van der Waals surface area contributed by atoms with Crippen molar-refractivity contribution in [1.82, 2.24) is 9.88 Å². The third-order valence-corrected chi connectivity index (χ3v) is 3.39. The molecule has 7 nitrogen and oxygen atoms in total. The van der Waals surface area contributed by atoms with E-state index in [0.717, 1.165) is 4.90 Å². The maximum absolute atomic E-state index is 11.8. The number of nitrogens with one attached hydrogen (secondary N) is 1. The Labute approximate surface area is 127 Å². The average molecular weight is 313 g/mol. The number of rotatable bonds is 5. The van der Waals surface area contributed by atoms with Crippen LogP contribution in [0.4, 0.5) is 5.13 Å². The SMILES string of the molecule is CN(CC(=O)O)C(=O)Cc1csc(NC(=O)C(C)(C)C)n1. The molecule has 0 atom stereocenters. The van der Waals surface area contributed by atoms with Crippen molar-refractivity contribution in [1.29, 1.82) is 0 Å². The Hall–Kier alpha value is -1.96. The second-order valence-corrected chi connectivity index (χ2v) is 6.53. The number of likely N-dealkylation sites (N-methyl/N-ethyl adjacent to an activating group) is 1. The Balaban J connectivity index is 2.62. The fraction of sp³-hybridized carbons (Fsp3) is 0.538. The van der Waals surface area contributed by atoms with Gasteiger partial charge in [-0.25, -0.2) is 4.98 Å². The molecule has 0 aliphatic heterocycles. The monoisotopic (exact) mass is 313 g/mol. The zero-order valence-electron chi connectivity index (χ0n) is 12.5. The molecule has 2 N–H and O–H groups in total. The third-order valence-electron chi connectivity index (χ3n) is 2.58. The molecule has 116 valence electrons. The fourth-order valence-corrected chi connectivity index (χ4v) is 2.02. The van der Waals surface area contributed by atoms with Crippen LogP contribution in [-0.2, 0) is 20.8 Å². The first kappa shape index (κ1) is 17.1. The van der Waals surface area contributed by atoms with Crippen LogP contribution < -0.4 is 5.32 Å². The van der Waals surface area contributed by atoms with Crippen molar-refractivity contribution >= 4 is 34.3 Å². The molecule has 1 rings (SSSR count). The first-order chi connectivity index (χ1) is 9.59. The van der Waals surface area contributed by atoms with Gasteiger partial charge < -0.3 is 15.3 Å². The lowest BCUT2D eigenvalue weighted by atomic mass is 9.96. The lowest BCUT2D eigenvalue weighted by molar-refractivity contribution is -0.143. The van der Waals surface area contributed by atoms with Crippen LogP contribution in [0.3, 0.4) is 0 Å². The summed E-state index contributed by atoms with van der Waals surface area (Å²) in [5, 5.41) is 13.4. The van der Waals surface area contributed by atoms with Crippen LogP contribution in [0.15, 0.2) is 5.38 Å². The third kappa shape index (κ3) is 5.50. The van der Waals surface area contributed by atoms with E-state index in [-0.39, 0.29) is 24.8 Å². The van der Waals surface area contributed by atoms with E-state index in [1.807, 2.05) is 0 Å². The van der Waals surface area contributed by atoms with Gasteiger partial charge in [0.25, 0.3) is 0 Å². The first-order valence-corrected chi connectivity index (χ1v) is 7.19. The number of carbonyl (C=O) groups excluding carboxylic acids is 2. The summed E-state index contributed by atoms with van der Waals surface area (Å²) in [5.41, 5.74) is -0.0185. The van der Waals surface area contributed by atoms with Gasteiger partial charge in [0.1, 0.15) is 6.54 Å². The zero-order valence-corrected chi connectivity index (χ0v) is 13.3. The Bertz CT molecular complexity index is 548. The molecule has 21 heavy (non-hydrogen) atoms. The Morgan fingerprint density at radius 1 is 1.38 bits per heavy atom. The summed E-state index contributed by atoms with van der Waals surface area (Å²) >= 11 is 1.23. The number of hydrogen-bond acceptors (Lipinski definition) is 5. The fourth-order valence-electron chi connectivity index (χ4n) is 1.31. The van der Waals surface area contributed by atoms with Crippen molar-refractivity contribution < 1.29 is 19.5 Å². The molecule has 0 spiro atoms. The number of carboxylic acids is 1. The van der Waals surface area contributed by atoms with Gasteiger partial charge in [-0.3, -0.25) is 14.4 Å². The van der Waals surface area contributed by atoms with Gasteiger partial charge in [0, 0.05) is 17.8 Å². The summed E-state index contributed by atoms with van der Waals surface area (Å²) in [6.07, 6.45) is 0.00562. The van der Waals surface area contributed by atoms with Crippen LogP contribution in [0.5, 0.6) is 0 Å². The summed E-state index contributed by atoms with van der Waals surface area (Å²) in [6, 6.07) is 0. The Kier molecular flexibility index (Phi) is 5.42. The number of nitrogens with zero attached hydrogens (tertiary/aromatic N) is 2. The predicted octanol–water partition coefficient (Wildman–Crippen LogP) is 1.21. The summed E-state index contributed by atoms with van der Waals surface area (Å²) in [7, 11) is 1.42. The van der Waals surface area contributed by atoms with Crippen LogP contribution in [0, 0.1) is 5.41 Å². The molecule has 0 saturated carbocycles. The predicted molar refractivity (Wildman–Crippen MR) is 79.2 cm³/mol. The zero-order chi connectivity index (χ0) is 16.2. The molecule has 2 amide bonds. The van der Waals surface area contributed by atoms with E-state index < -0.39 is 11.4 Å². The van der Waals surface area contributed by atoms with E-state index in [4.69, 9.17) is 5.11 Å². The van der Waals surface area contributed by atoms with Gasteiger partial charge in [0.2, 0.25) is 11.8 Å². The summed E-state index contributed by atoms with van der Waals surface area (Å²) in [4.78, 5) is 39.4. The van der Waals surface area contributed by atoms with Crippen LogP contribution in [0.1, 0.15) is 26.5 Å². The number of anilines is 1. The molecule has 1 heterocycles. The van der Waals surface area contributed by atoms with E-state index in [2.05, 4.69) is 10.3 Å². The van der Waals surface area contributed by atoms with Crippen molar-refractivity contribution in [3.8, 4) is 0 Å². The second kappa shape index (κ2) is 6.66. The van der Waals surface area contributed by atoms with Crippen molar-refractivity contribution in [2.24, 2.45) is 5.41 Å². The second-order valence-electron chi connectivity index (χ2n) is 5.67. The van der Waals surface area contributed by atoms with Gasteiger partial charge in [-0.1, -0.05) is 20.8 Å². The first-order valence-electron chi connectivity index (χ1n) is 6.31. The van der Waals surface area contributed by atoms with Crippen molar-refractivity contribution in [2.75, 3.05) is 18.9 Å². The van der Waals surface area contributed by atoms with Crippen molar-refractivity contribution in [2.45, 2.75) is 27.2 Å². The summed E-state index contributed by atoms with van der Waals surface area (Å²) in [6.45, 7) is 5.03. The molecule has 0 aliphatic carbocycles. The normalized spacial score (nSPS) is 11.0. The minimum absolute atomic E-state index is 0.00562. The van der Waals surface area contributed by atoms with Gasteiger partial charge in [0.05, 0.1) is 12.1 Å². The minimum Gasteiger partial charge on any atom is -0.480 e. The lowest BCUT2D eigenvalue weighted by Crippen LogP contribution is -2.33. The highest BCUT2D eigenvalue weighted by atomic mass is 32.1. The van der Waals surface area contributed by atoms with Crippen LogP contribution >= 0.6 is 11.3 Å². The highest BCUT2D eigenvalue weighted by Crippen LogP contribution is 2.20. The van der Waals surface area contributed by atoms with Crippen molar-refractivity contribution in [3.05, 3.63) is 11.1 Å². The van der Waals surface area contributed by atoms with Gasteiger partial charge >= 0.3 is 5.97 Å². The van der Waals surface area contributed by atoms with E-state index in [0.29, 0.717) is 10.8 Å². The number of aromatic nitrogens is 1. The Morgan fingerprint density at radius 3 is 2.52 bits per heavy atom. The van der Waals surface area contributed by atoms with Gasteiger partial charge in [-0.2, -0.15) is 0 Å². The molecule has 0 radical (unpaired) electrons. The standard InChI is InChI=1S/C13H19N3O4S/c1-13(2,3)11(20)15-12-14-8(7-21-12)5-9(17)16(4)6-10(18)19/h7H,5-6H2,1-4H3,(H,18,19)(H,14,15,20). The van der Waals surface area contributed by atoms with Crippen LogP contribution in [-0.4, -0.2) is 46.4 Å². The van der Waals surface area contributed by atoms with E-state index >= 15 is 0 Å². The molecular weight excluding hydrogens is 294 g/mol. The Morgan fingerprint density at radius 2 is 2.00 bits per heavy atom. The highest BCUT2D eigenvalue weighted by molar-refractivity contribution is 7.13. The number of hydrogen-bond donors (Lipinski definition) is 2. The van der Waals surface area contributed by atoms with Gasteiger partial charge in [0.15, 0.2) is 5.13 Å². The number of aliphatic carboxylic acids is 1. The molecule has 1 aromatic rings. The van der Waals surface area contributed by atoms with E-state index in [1.165, 1.54) is 18.4 Å². The number of amides is 2. The molecule has 0 saturated heterocycles. The van der Waals surface area contributed by atoms with E-state index in [9.17, 15) is 14.4 Å². The van der Waals surface area contributed by atoms with Crippen molar-refractivity contribution in [3.63, 3.8) is 0 Å². The summed E-state index contributed by atoms with van der Waals surface area (Å²) in [5.74, 6) is -1.56. The van der Waals surface area contributed by atoms with Crippen LogP contribution in [0.25, 0.3) is 0 Å². The summed E-state index contributed by atoms with van der Waals surface area (Å²) < 4.78 is 0. The molecular formula is C13H19N3O4S. The number of carbonyl (C=O) groups is 3. The topological polar surface area (TPSA) is 99.6 Å². The van der Waals surface area contributed by atoms with Gasteiger partial charge in [-0.05, 0) is 0 Å². The largest absolute Gasteiger partial charge is 0.480 e. The van der Waals surface area contributed by atoms with Gasteiger partial charge in [-0.15, -0.1) is 11.3 Å². The highest BCUT2D eigenvalue weighted by Gasteiger charge is 2.22. The molecule has 8 heteroatoms. The molecule has 0 aliphatic rings. The smallest absolute Gasteiger partial charge is 0.323 e. The molecule has 1 aromatic heterocycles.